The second-order valence-corrected chi connectivity index (χ2v) is 4.76. The normalized spacial score (nSPS) is 10.4. The molecule has 5 nitrogen and oxygen atoms in total. The molecule has 2 amide bonds. The third-order valence-electron chi connectivity index (χ3n) is 2.67. The molecule has 0 aliphatic rings. The van der Waals surface area contributed by atoms with Crippen LogP contribution in [0.1, 0.15) is 25.8 Å². The van der Waals surface area contributed by atoms with Gasteiger partial charge in [0.2, 0.25) is 11.8 Å². The van der Waals surface area contributed by atoms with Gasteiger partial charge in [-0.25, -0.2) is 0 Å². The molecule has 1 aromatic carbocycles. The second-order valence-electron chi connectivity index (χ2n) is 4.76. The van der Waals surface area contributed by atoms with Crippen LogP contribution in [-0.2, 0) is 9.59 Å². The maximum Gasteiger partial charge on any atom is 0.226 e. The van der Waals surface area contributed by atoms with E-state index in [1.807, 2.05) is 32.9 Å². The highest BCUT2D eigenvalue weighted by atomic mass is 16.2. The van der Waals surface area contributed by atoms with E-state index >= 15 is 0 Å². The lowest BCUT2D eigenvalue weighted by Crippen LogP contribution is -2.19. The van der Waals surface area contributed by atoms with Gasteiger partial charge in [0.1, 0.15) is 0 Å². The summed E-state index contributed by atoms with van der Waals surface area (Å²) in [6, 6.07) is 5.42. The van der Waals surface area contributed by atoms with E-state index in [9.17, 15) is 9.59 Å². The summed E-state index contributed by atoms with van der Waals surface area (Å²) in [7, 11) is 0. The summed E-state index contributed by atoms with van der Waals surface area (Å²) in [5.41, 5.74) is 7.64. The van der Waals surface area contributed by atoms with Gasteiger partial charge >= 0.3 is 0 Å². The zero-order valence-electron chi connectivity index (χ0n) is 11.6. The summed E-state index contributed by atoms with van der Waals surface area (Å²) >= 11 is 0. The fourth-order valence-electron chi connectivity index (χ4n) is 1.46. The molecule has 104 valence electrons. The Balaban J connectivity index is 2.82. The number of anilines is 2. The van der Waals surface area contributed by atoms with Crippen LogP contribution in [0, 0.1) is 12.8 Å². The molecular weight excluding hydrogens is 242 g/mol. The Kier molecular flexibility index (Phi) is 5.51. The summed E-state index contributed by atoms with van der Waals surface area (Å²) in [5, 5.41) is 5.58. The van der Waals surface area contributed by atoms with E-state index < -0.39 is 0 Å². The van der Waals surface area contributed by atoms with Gasteiger partial charge in [-0.15, -0.1) is 0 Å². The minimum absolute atomic E-state index is 0.0527. The quantitative estimate of drug-likeness (QED) is 0.758. The van der Waals surface area contributed by atoms with Crippen molar-refractivity contribution in [3.8, 4) is 0 Å². The first-order valence-electron chi connectivity index (χ1n) is 6.35. The van der Waals surface area contributed by atoms with Crippen molar-refractivity contribution in [3.63, 3.8) is 0 Å². The van der Waals surface area contributed by atoms with Gasteiger partial charge in [-0.3, -0.25) is 9.59 Å². The Morgan fingerprint density at radius 2 is 1.95 bits per heavy atom. The number of nitrogens with two attached hydrogens (primary N) is 1. The van der Waals surface area contributed by atoms with E-state index in [2.05, 4.69) is 10.6 Å². The molecule has 0 atom stereocenters. The van der Waals surface area contributed by atoms with E-state index in [1.165, 1.54) is 0 Å². The minimum atomic E-state index is -0.127. The number of carbonyl (C=O) groups is 2. The van der Waals surface area contributed by atoms with Crippen LogP contribution in [0.15, 0.2) is 18.2 Å². The van der Waals surface area contributed by atoms with E-state index in [0.717, 1.165) is 5.56 Å². The van der Waals surface area contributed by atoms with Crippen LogP contribution in [0.4, 0.5) is 11.4 Å². The molecule has 0 aliphatic heterocycles. The first-order valence-corrected chi connectivity index (χ1v) is 6.35. The number of carbonyl (C=O) groups excluding carboxylic acids is 2. The highest BCUT2D eigenvalue weighted by Gasteiger charge is 2.09. The van der Waals surface area contributed by atoms with Crippen molar-refractivity contribution in [2.45, 2.75) is 27.2 Å². The van der Waals surface area contributed by atoms with Crippen molar-refractivity contribution >= 4 is 23.2 Å². The van der Waals surface area contributed by atoms with Crippen molar-refractivity contribution in [2.75, 3.05) is 17.2 Å². The summed E-state index contributed by atoms with van der Waals surface area (Å²) in [6.45, 7) is 5.86. The number of benzene rings is 1. The van der Waals surface area contributed by atoms with Gasteiger partial charge in [0.25, 0.3) is 0 Å². The van der Waals surface area contributed by atoms with Gasteiger partial charge in [0.15, 0.2) is 0 Å². The molecule has 19 heavy (non-hydrogen) atoms. The standard InChI is InChI=1S/C14H21N3O2/c1-9(2)14(19)16-11-5-4-10(3)12(8-11)17-13(18)6-7-15/h4-5,8-9H,6-7,15H2,1-3H3,(H,16,19)(H,17,18). The molecule has 0 spiro atoms. The number of rotatable bonds is 5. The van der Waals surface area contributed by atoms with Gasteiger partial charge in [-0.2, -0.15) is 0 Å². The number of amides is 2. The number of hydrogen-bond acceptors (Lipinski definition) is 3. The average Bonchev–Trinajstić information content (AvgIpc) is 2.33. The van der Waals surface area contributed by atoms with E-state index in [0.29, 0.717) is 17.9 Å². The molecule has 0 aromatic heterocycles. The van der Waals surface area contributed by atoms with Gasteiger partial charge in [-0.1, -0.05) is 19.9 Å². The lowest BCUT2D eigenvalue weighted by Gasteiger charge is -2.12. The molecular formula is C14H21N3O2. The maximum absolute atomic E-state index is 11.6. The Bertz CT molecular complexity index is 470. The molecule has 0 bridgehead atoms. The van der Waals surface area contributed by atoms with E-state index in [-0.39, 0.29) is 24.2 Å². The SMILES string of the molecule is Cc1ccc(NC(=O)C(C)C)cc1NC(=O)CCN. The van der Waals surface area contributed by atoms with Crippen molar-refractivity contribution in [1.82, 2.24) is 0 Å². The van der Waals surface area contributed by atoms with Crippen LogP contribution in [0.3, 0.4) is 0 Å². The zero-order valence-corrected chi connectivity index (χ0v) is 11.6. The molecule has 0 saturated heterocycles. The molecule has 0 saturated carbocycles. The summed E-state index contributed by atoms with van der Waals surface area (Å²) in [5.74, 6) is -0.266. The minimum Gasteiger partial charge on any atom is -0.330 e. The molecule has 0 fully saturated rings. The Morgan fingerprint density at radius 1 is 1.26 bits per heavy atom. The fraction of sp³-hybridized carbons (Fsp3) is 0.429. The molecule has 5 heteroatoms. The monoisotopic (exact) mass is 263 g/mol. The average molecular weight is 263 g/mol. The third kappa shape index (κ3) is 4.71. The van der Waals surface area contributed by atoms with Crippen molar-refractivity contribution in [2.24, 2.45) is 11.7 Å². The Morgan fingerprint density at radius 3 is 2.53 bits per heavy atom. The van der Waals surface area contributed by atoms with Gasteiger partial charge in [-0.05, 0) is 24.6 Å². The molecule has 0 radical (unpaired) electrons. The van der Waals surface area contributed by atoms with Gasteiger partial charge < -0.3 is 16.4 Å². The van der Waals surface area contributed by atoms with E-state index in [1.54, 1.807) is 6.07 Å². The van der Waals surface area contributed by atoms with Crippen LogP contribution < -0.4 is 16.4 Å². The smallest absolute Gasteiger partial charge is 0.226 e. The fourth-order valence-corrected chi connectivity index (χ4v) is 1.46. The van der Waals surface area contributed by atoms with Gasteiger partial charge in [0, 0.05) is 30.3 Å². The first-order chi connectivity index (χ1) is 8.93. The van der Waals surface area contributed by atoms with Crippen molar-refractivity contribution < 1.29 is 9.59 Å². The largest absolute Gasteiger partial charge is 0.330 e. The highest BCUT2D eigenvalue weighted by Crippen LogP contribution is 2.21. The predicted octanol–water partition coefficient (Wildman–Crippen LogP) is 1.88. The lowest BCUT2D eigenvalue weighted by molar-refractivity contribution is -0.119. The predicted molar refractivity (Wildman–Crippen MR) is 76.9 cm³/mol. The summed E-state index contributed by atoms with van der Waals surface area (Å²) < 4.78 is 0. The van der Waals surface area contributed by atoms with Crippen molar-refractivity contribution in [3.05, 3.63) is 23.8 Å². The van der Waals surface area contributed by atoms with Crippen LogP contribution in [0.25, 0.3) is 0 Å². The number of nitrogens with one attached hydrogen (secondary N) is 2. The Labute approximate surface area is 113 Å². The van der Waals surface area contributed by atoms with Crippen LogP contribution in [0.2, 0.25) is 0 Å². The Hall–Kier alpha value is -1.88. The second kappa shape index (κ2) is 6.89. The summed E-state index contributed by atoms with van der Waals surface area (Å²) in [6.07, 6.45) is 0.280. The van der Waals surface area contributed by atoms with Crippen LogP contribution in [-0.4, -0.2) is 18.4 Å². The maximum atomic E-state index is 11.6. The third-order valence-corrected chi connectivity index (χ3v) is 2.67. The van der Waals surface area contributed by atoms with Gasteiger partial charge in [0.05, 0.1) is 0 Å². The number of hydrogen-bond donors (Lipinski definition) is 3. The molecule has 0 aliphatic carbocycles. The summed E-state index contributed by atoms with van der Waals surface area (Å²) in [4.78, 5) is 23.1. The lowest BCUT2D eigenvalue weighted by atomic mass is 10.1. The molecule has 1 aromatic rings. The first kappa shape index (κ1) is 15.2. The number of aryl methyl sites for hydroxylation is 1. The zero-order chi connectivity index (χ0) is 14.4. The van der Waals surface area contributed by atoms with E-state index in [4.69, 9.17) is 5.73 Å². The highest BCUT2D eigenvalue weighted by molar-refractivity contribution is 5.95. The molecule has 1 rings (SSSR count). The van der Waals surface area contributed by atoms with Crippen molar-refractivity contribution in [1.29, 1.82) is 0 Å². The van der Waals surface area contributed by atoms with Crippen LogP contribution in [0.5, 0.6) is 0 Å². The molecule has 0 unspecified atom stereocenters. The molecule has 0 heterocycles. The van der Waals surface area contributed by atoms with Crippen LogP contribution >= 0.6 is 0 Å². The topological polar surface area (TPSA) is 84.2 Å². The molecule has 4 N–H and O–H groups in total.